The Morgan fingerprint density at radius 2 is 1.77 bits per heavy atom. The van der Waals surface area contributed by atoms with E-state index in [2.05, 4.69) is 5.32 Å². The van der Waals surface area contributed by atoms with Crippen LogP contribution in [0.4, 0.5) is 0 Å². The van der Waals surface area contributed by atoms with Gasteiger partial charge in [-0.05, 0) is 49.9 Å². The summed E-state index contributed by atoms with van der Waals surface area (Å²) in [4.78, 5) is 25.7. The summed E-state index contributed by atoms with van der Waals surface area (Å²) < 4.78 is 11.9. The number of amides is 1. The summed E-state index contributed by atoms with van der Waals surface area (Å²) in [5.41, 5.74) is 3.04. The molecular formula is C25H27NO4. The molecule has 4 rings (SSSR count). The van der Waals surface area contributed by atoms with Crippen molar-refractivity contribution in [3.63, 3.8) is 0 Å². The predicted molar refractivity (Wildman–Crippen MR) is 118 cm³/mol. The van der Waals surface area contributed by atoms with Crippen molar-refractivity contribution >= 4 is 16.9 Å². The molecule has 1 aromatic heterocycles. The lowest BCUT2D eigenvalue weighted by Gasteiger charge is -2.22. The number of fused-ring (bicyclic) bond motifs is 1. The summed E-state index contributed by atoms with van der Waals surface area (Å²) in [5.74, 6) is 0.220. The zero-order chi connectivity index (χ0) is 21.1. The fourth-order valence-corrected chi connectivity index (χ4v) is 4.00. The number of benzene rings is 2. The maximum atomic E-state index is 13.3. The van der Waals surface area contributed by atoms with E-state index in [1.807, 2.05) is 56.3 Å². The van der Waals surface area contributed by atoms with Crippen LogP contribution in [0, 0.1) is 13.8 Å². The number of hydrogen-bond donors (Lipinski definition) is 1. The van der Waals surface area contributed by atoms with Gasteiger partial charge in [-0.25, -0.2) is 0 Å². The van der Waals surface area contributed by atoms with Crippen LogP contribution in [-0.2, 0) is 4.79 Å². The predicted octanol–water partition coefficient (Wildman–Crippen LogP) is 4.90. The molecule has 1 fully saturated rings. The van der Waals surface area contributed by atoms with Gasteiger partial charge in [-0.3, -0.25) is 9.59 Å². The maximum Gasteiger partial charge on any atom is 0.258 e. The first-order valence-electron chi connectivity index (χ1n) is 10.6. The van der Waals surface area contributed by atoms with Gasteiger partial charge in [-0.1, -0.05) is 49.6 Å². The van der Waals surface area contributed by atoms with Gasteiger partial charge < -0.3 is 14.5 Å². The smallest absolute Gasteiger partial charge is 0.258 e. The molecular weight excluding hydrogens is 378 g/mol. The molecule has 1 heterocycles. The van der Waals surface area contributed by atoms with E-state index < -0.39 is 0 Å². The Kier molecular flexibility index (Phi) is 5.88. The number of nitrogens with one attached hydrogen (secondary N) is 1. The highest BCUT2D eigenvalue weighted by Gasteiger charge is 2.21. The van der Waals surface area contributed by atoms with Gasteiger partial charge in [0.2, 0.25) is 11.2 Å². The van der Waals surface area contributed by atoms with Crippen molar-refractivity contribution in [1.29, 1.82) is 0 Å². The summed E-state index contributed by atoms with van der Waals surface area (Å²) in [6.07, 6.45) is 5.49. The molecule has 30 heavy (non-hydrogen) atoms. The van der Waals surface area contributed by atoms with Crippen LogP contribution in [0.2, 0.25) is 0 Å². The summed E-state index contributed by atoms with van der Waals surface area (Å²) in [6.45, 7) is 3.73. The molecule has 1 aliphatic rings. The second-order valence-corrected chi connectivity index (χ2v) is 8.08. The van der Waals surface area contributed by atoms with Crippen LogP contribution in [0.5, 0.6) is 5.75 Å². The molecule has 0 unspecified atom stereocenters. The molecule has 0 radical (unpaired) electrons. The molecule has 0 bridgehead atoms. The number of ether oxygens (including phenoxy) is 1. The van der Waals surface area contributed by atoms with Crippen LogP contribution in [0.3, 0.4) is 0 Å². The lowest BCUT2D eigenvalue weighted by molar-refractivity contribution is -0.124. The highest BCUT2D eigenvalue weighted by atomic mass is 16.5. The first kappa shape index (κ1) is 20.2. The third kappa shape index (κ3) is 4.25. The van der Waals surface area contributed by atoms with Gasteiger partial charge in [0.1, 0.15) is 5.58 Å². The van der Waals surface area contributed by atoms with E-state index in [-0.39, 0.29) is 29.7 Å². The van der Waals surface area contributed by atoms with Crippen molar-refractivity contribution in [2.45, 2.75) is 52.0 Å². The van der Waals surface area contributed by atoms with Crippen LogP contribution >= 0.6 is 0 Å². The summed E-state index contributed by atoms with van der Waals surface area (Å²) >= 11 is 0. The summed E-state index contributed by atoms with van der Waals surface area (Å²) in [5, 5.41) is 3.48. The normalized spacial score (nSPS) is 14.6. The van der Waals surface area contributed by atoms with E-state index in [4.69, 9.17) is 9.15 Å². The molecule has 5 nitrogen and oxygen atoms in total. The highest BCUT2D eigenvalue weighted by Crippen LogP contribution is 2.31. The molecule has 0 atom stereocenters. The van der Waals surface area contributed by atoms with Gasteiger partial charge in [-0.15, -0.1) is 0 Å². The second-order valence-electron chi connectivity index (χ2n) is 8.08. The average molecular weight is 405 g/mol. The van der Waals surface area contributed by atoms with Crippen LogP contribution in [0.15, 0.2) is 51.7 Å². The number of carbonyl (C=O) groups is 1. The highest BCUT2D eigenvalue weighted by molar-refractivity contribution is 5.84. The molecule has 1 saturated carbocycles. The summed E-state index contributed by atoms with van der Waals surface area (Å²) in [7, 11) is 0. The molecule has 156 valence electrons. The van der Waals surface area contributed by atoms with E-state index in [9.17, 15) is 9.59 Å². The number of aryl methyl sites for hydroxylation is 2. The molecule has 1 N–H and O–H groups in total. The van der Waals surface area contributed by atoms with Gasteiger partial charge in [0.15, 0.2) is 12.4 Å². The van der Waals surface area contributed by atoms with Crippen LogP contribution in [0.1, 0.15) is 43.2 Å². The number of hydrogen-bond acceptors (Lipinski definition) is 4. The van der Waals surface area contributed by atoms with Gasteiger partial charge in [0, 0.05) is 11.6 Å². The van der Waals surface area contributed by atoms with Crippen LogP contribution < -0.4 is 15.5 Å². The Morgan fingerprint density at radius 1 is 1.07 bits per heavy atom. The lowest BCUT2D eigenvalue weighted by Crippen LogP contribution is -2.39. The Bertz CT molecular complexity index is 1110. The third-order valence-electron chi connectivity index (χ3n) is 5.82. The second kappa shape index (κ2) is 8.74. The average Bonchev–Trinajstić information content (AvgIpc) is 2.76. The SMILES string of the molecule is Cc1cc2oc(-c3ccccc3)c(OCC(=O)NC3CCCCC3)c(=O)c2cc1C. The molecule has 0 spiro atoms. The molecule has 1 aliphatic carbocycles. The molecule has 1 amide bonds. The van der Waals surface area contributed by atoms with E-state index in [0.717, 1.165) is 42.4 Å². The lowest BCUT2D eigenvalue weighted by atomic mass is 9.95. The van der Waals surface area contributed by atoms with Crippen molar-refractivity contribution in [1.82, 2.24) is 5.32 Å². The minimum Gasteiger partial charge on any atom is -0.476 e. The van der Waals surface area contributed by atoms with Crippen LogP contribution in [-0.4, -0.2) is 18.6 Å². The molecule has 0 aliphatic heterocycles. The molecule has 2 aromatic carbocycles. The fraction of sp³-hybridized carbons (Fsp3) is 0.360. The standard InChI is InChI=1S/C25H27NO4/c1-16-13-20-21(14-17(16)2)30-24(18-9-5-3-6-10-18)25(23(20)28)29-15-22(27)26-19-11-7-4-8-12-19/h3,5-6,9-10,13-14,19H,4,7-8,11-12,15H2,1-2H3,(H,26,27). The van der Waals surface area contributed by atoms with Crippen molar-refractivity contribution < 1.29 is 13.9 Å². The zero-order valence-corrected chi connectivity index (χ0v) is 17.5. The van der Waals surface area contributed by atoms with Gasteiger partial charge in [0.05, 0.1) is 5.39 Å². The molecule has 0 saturated heterocycles. The number of rotatable bonds is 5. The number of carbonyl (C=O) groups excluding carboxylic acids is 1. The Hall–Kier alpha value is -3.08. The van der Waals surface area contributed by atoms with Gasteiger partial charge >= 0.3 is 0 Å². The zero-order valence-electron chi connectivity index (χ0n) is 17.5. The quantitative estimate of drug-likeness (QED) is 0.655. The van der Waals surface area contributed by atoms with Crippen LogP contribution in [0.25, 0.3) is 22.3 Å². The first-order valence-corrected chi connectivity index (χ1v) is 10.6. The Morgan fingerprint density at radius 3 is 2.50 bits per heavy atom. The largest absolute Gasteiger partial charge is 0.476 e. The summed E-state index contributed by atoms with van der Waals surface area (Å²) in [6, 6.07) is 13.3. The van der Waals surface area contributed by atoms with E-state index in [0.29, 0.717) is 16.7 Å². The third-order valence-corrected chi connectivity index (χ3v) is 5.82. The topological polar surface area (TPSA) is 68.5 Å². The van der Waals surface area contributed by atoms with E-state index in [1.54, 1.807) is 0 Å². The first-order chi connectivity index (χ1) is 14.5. The minimum absolute atomic E-state index is 0.0794. The van der Waals surface area contributed by atoms with E-state index >= 15 is 0 Å². The maximum absolute atomic E-state index is 13.3. The minimum atomic E-state index is -0.260. The fourth-order valence-electron chi connectivity index (χ4n) is 4.00. The van der Waals surface area contributed by atoms with Crippen molar-refractivity contribution in [3.8, 4) is 17.1 Å². The van der Waals surface area contributed by atoms with Crippen molar-refractivity contribution in [2.75, 3.05) is 6.61 Å². The molecule has 3 aromatic rings. The monoisotopic (exact) mass is 405 g/mol. The van der Waals surface area contributed by atoms with Gasteiger partial charge in [-0.2, -0.15) is 0 Å². The van der Waals surface area contributed by atoms with Crippen molar-refractivity contribution in [2.24, 2.45) is 0 Å². The van der Waals surface area contributed by atoms with Gasteiger partial charge in [0.25, 0.3) is 5.91 Å². The Labute approximate surface area is 176 Å². The van der Waals surface area contributed by atoms with Crippen molar-refractivity contribution in [3.05, 3.63) is 63.8 Å². The Balaban J connectivity index is 1.68. The van der Waals surface area contributed by atoms with E-state index in [1.165, 1.54) is 6.42 Å². The molecule has 5 heteroatoms.